The number of para-hydroxylation sites is 1. The Morgan fingerprint density at radius 1 is 1.06 bits per heavy atom. The van der Waals surface area contributed by atoms with Crippen molar-refractivity contribution in [2.24, 2.45) is 0 Å². The molecule has 3 heteroatoms. The number of anilines is 1. The van der Waals surface area contributed by atoms with Crippen LogP contribution in [0, 0.1) is 13.8 Å². The number of aromatic nitrogens is 1. The molecule has 0 aliphatic heterocycles. The Morgan fingerprint density at radius 2 is 1.72 bits per heavy atom. The number of benzene rings is 1. The Kier molecular flexibility index (Phi) is 3.82. The fourth-order valence-electron chi connectivity index (χ4n) is 1.94. The fourth-order valence-corrected chi connectivity index (χ4v) is 1.94. The second-order valence-electron chi connectivity index (χ2n) is 4.29. The summed E-state index contributed by atoms with van der Waals surface area (Å²) in [6.45, 7) is 4.91. The number of nitrogens with zero attached hydrogens (tertiary/aromatic N) is 1. The highest BCUT2D eigenvalue weighted by Gasteiger charge is 2.02. The molecular weight excluding hydrogens is 224 g/mol. The van der Waals surface area contributed by atoms with Crippen molar-refractivity contribution < 1.29 is 4.74 Å². The summed E-state index contributed by atoms with van der Waals surface area (Å²) in [4.78, 5) is 4.38. The molecule has 0 saturated heterocycles. The van der Waals surface area contributed by atoms with Crippen LogP contribution in [0.25, 0.3) is 0 Å². The van der Waals surface area contributed by atoms with Crippen LogP contribution in [0.3, 0.4) is 0 Å². The lowest BCUT2D eigenvalue weighted by Gasteiger charge is -2.12. The maximum atomic E-state index is 5.12. The maximum absolute atomic E-state index is 5.12. The average Bonchev–Trinajstić information content (AvgIpc) is 2.38. The lowest BCUT2D eigenvalue weighted by Crippen LogP contribution is -2.04. The van der Waals surface area contributed by atoms with E-state index in [1.165, 1.54) is 16.8 Å². The summed E-state index contributed by atoms with van der Waals surface area (Å²) in [7, 11) is 1.63. The van der Waals surface area contributed by atoms with E-state index in [1.807, 2.05) is 18.2 Å². The maximum Gasteiger partial charge on any atom is 0.213 e. The molecule has 2 aromatic rings. The third-order valence-electron chi connectivity index (χ3n) is 2.92. The number of rotatable bonds is 4. The topological polar surface area (TPSA) is 34.1 Å². The van der Waals surface area contributed by atoms with Gasteiger partial charge in [-0.15, -0.1) is 0 Å². The Labute approximate surface area is 108 Å². The number of pyridine rings is 1. The van der Waals surface area contributed by atoms with Crippen molar-refractivity contribution >= 4 is 5.69 Å². The van der Waals surface area contributed by atoms with Crippen LogP contribution in [0.4, 0.5) is 5.69 Å². The van der Waals surface area contributed by atoms with Gasteiger partial charge in [0.15, 0.2) is 0 Å². The molecule has 94 valence electrons. The van der Waals surface area contributed by atoms with Crippen LogP contribution in [0.1, 0.15) is 16.8 Å². The standard InChI is InChI=1S/C15H18N2O/c1-11-6-4-7-12(2)15(11)16-10-13-8-5-9-14(17-13)18-3/h4-9,16H,10H2,1-3H3. The van der Waals surface area contributed by atoms with Crippen molar-refractivity contribution in [1.82, 2.24) is 4.98 Å². The number of ether oxygens (including phenoxy) is 1. The number of nitrogens with one attached hydrogen (secondary N) is 1. The smallest absolute Gasteiger partial charge is 0.213 e. The van der Waals surface area contributed by atoms with Gasteiger partial charge in [-0.2, -0.15) is 0 Å². The summed E-state index contributed by atoms with van der Waals surface area (Å²) in [5.74, 6) is 0.649. The van der Waals surface area contributed by atoms with Crippen LogP contribution in [-0.2, 0) is 6.54 Å². The van der Waals surface area contributed by atoms with Crippen molar-refractivity contribution in [2.45, 2.75) is 20.4 Å². The van der Waals surface area contributed by atoms with E-state index in [9.17, 15) is 0 Å². The SMILES string of the molecule is COc1cccc(CNc2c(C)cccc2C)n1. The van der Waals surface area contributed by atoms with Gasteiger partial charge in [0.05, 0.1) is 19.3 Å². The van der Waals surface area contributed by atoms with Crippen LogP contribution in [0.5, 0.6) is 5.88 Å². The lowest BCUT2D eigenvalue weighted by atomic mass is 10.1. The van der Waals surface area contributed by atoms with Crippen molar-refractivity contribution in [3.8, 4) is 5.88 Å². The van der Waals surface area contributed by atoms with Crippen molar-refractivity contribution in [2.75, 3.05) is 12.4 Å². The summed E-state index contributed by atoms with van der Waals surface area (Å²) >= 11 is 0. The zero-order chi connectivity index (χ0) is 13.0. The molecule has 0 radical (unpaired) electrons. The van der Waals surface area contributed by atoms with Gasteiger partial charge in [-0.3, -0.25) is 0 Å². The Hall–Kier alpha value is -2.03. The summed E-state index contributed by atoms with van der Waals surface area (Å²) in [6.07, 6.45) is 0. The number of methoxy groups -OCH3 is 1. The highest BCUT2D eigenvalue weighted by molar-refractivity contribution is 5.56. The van der Waals surface area contributed by atoms with Gasteiger partial charge < -0.3 is 10.1 Å². The van der Waals surface area contributed by atoms with E-state index in [-0.39, 0.29) is 0 Å². The minimum Gasteiger partial charge on any atom is -0.481 e. The molecule has 0 amide bonds. The fraction of sp³-hybridized carbons (Fsp3) is 0.267. The van der Waals surface area contributed by atoms with Crippen LogP contribution in [0.2, 0.25) is 0 Å². The molecule has 1 N–H and O–H groups in total. The van der Waals surface area contributed by atoms with E-state index in [4.69, 9.17) is 4.74 Å². The molecule has 1 heterocycles. The molecule has 0 saturated carbocycles. The number of hydrogen-bond acceptors (Lipinski definition) is 3. The van der Waals surface area contributed by atoms with Crippen LogP contribution < -0.4 is 10.1 Å². The summed E-state index contributed by atoms with van der Waals surface area (Å²) < 4.78 is 5.12. The van der Waals surface area contributed by atoms with Crippen LogP contribution >= 0.6 is 0 Å². The minimum atomic E-state index is 0.649. The molecule has 0 atom stereocenters. The van der Waals surface area contributed by atoms with E-state index in [0.29, 0.717) is 12.4 Å². The molecule has 18 heavy (non-hydrogen) atoms. The summed E-state index contributed by atoms with van der Waals surface area (Å²) in [6, 6.07) is 12.1. The van der Waals surface area contributed by atoms with Gasteiger partial charge in [0, 0.05) is 11.8 Å². The first kappa shape index (κ1) is 12.4. The molecule has 0 bridgehead atoms. The van der Waals surface area contributed by atoms with Crippen molar-refractivity contribution in [3.63, 3.8) is 0 Å². The Bertz CT molecular complexity index is 518. The van der Waals surface area contributed by atoms with Gasteiger partial charge in [-0.1, -0.05) is 24.3 Å². The molecule has 1 aromatic heterocycles. The highest BCUT2D eigenvalue weighted by atomic mass is 16.5. The lowest BCUT2D eigenvalue weighted by molar-refractivity contribution is 0.396. The number of aryl methyl sites for hydroxylation is 2. The zero-order valence-electron chi connectivity index (χ0n) is 11.0. The van der Waals surface area contributed by atoms with Crippen LogP contribution in [-0.4, -0.2) is 12.1 Å². The highest BCUT2D eigenvalue weighted by Crippen LogP contribution is 2.20. The molecule has 3 nitrogen and oxygen atoms in total. The Morgan fingerprint density at radius 3 is 2.39 bits per heavy atom. The first-order valence-electron chi connectivity index (χ1n) is 6.00. The Balaban J connectivity index is 2.11. The predicted octanol–water partition coefficient (Wildman–Crippen LogP) is 3.32. The second-order valence-corrected chi connectivity index (χ2v) is 4.29. The van der Waals surface area contributed by atoms with Crippen LogP contribution in [0.15, 0.2) is 36.4 Å². The van der Waals surface area contributed by atoms with Gasteiger partial charge in [-0.05, 0) is 31.0 Å². The molecule has 0 unspecified atom stereocenters. The van der Waals surface area contributed by atoms with Gasteiger partial charge in [-0.25, -0.2) is 4.98 Å². The molecule has 1 aromatic carbocycles. The summed E-state index contributed by atoms with van der Waals surface area (Å²) in [5.41, 5.74) is 4.65. The van der Waals surface area contributed by atoms with E-state index in [1.54, 1.807) is 7.11 Å². The number of hydrogen-bond donors (Lipinski definition) is 1. The van der Waals surface area contributed by atoms with Gasteiger partial charge in [0.1, 0.15) is 0 Å². The van der Waals surface area contributed by atoms with E-state index in [0.717, 1.165) is 5.69 Å². The third kappa shape index (κ3) is 2.80. The third-order valence-corrected chi connectivity index (χ3v) is 2.92. The largest absolute Gasteiger partial charge is 0.481 e. The van der Waals surface area contributed by atoms with E-state index < -0.39 is 0 Å². The zero-order valence-corrected chi connectivity index (χ0v) is 11.0. The predicted molar refractivity (Wildman–Crippen MR) is 74.0 cm³/mol. The second kappa shape index (κ2) is 5.54. The first-order valence-corrected chi connectivity index (χ1v) is 6.00. The van der Waals surface area contributed by atoms with Gasteiger partial charge >= 0.3 is 0 Å². The van der Waals surface area contributed by atoms with E-state index >= 15 is 0 Å². The minimum absolute atomic E-state index is 0.649. The monoisotopic (exact) mass is 242 g/mol. The molecule has 0 fully saturated rings. The molecule has 0 aliphatic rings. The first-order chi connectivity index (χ1) is 8.70. The van der Waals surface area contributed by atoms with Crippen molar-refractivity contribution in [1.29, 1.82) is 0 Å². The summed E-state index contributed by atoms with van der Waals surface area (Å²) in [5, 5.41) is 3.43. The quantitative estimate of drug-likeness (QED) is 0.893. The normalized spacial score (nSPS) is 10.2. The van der Waals surface area contributed by atoms with Gasteiger partial charge in [0.25, 0.3) is 0 Å². The van der Waals surface area contributed by atoms with E-state index in [2.05, 4.69) is 42.3 Å². The molecule has 0 aliphatic carbocycles. The van der Waals surface area contributed by atoms with Crippen molar-refractivity contribution in [3.05, 3.63) is 53.2 Å². The molecular formula is C15H18N2O. The molecule has 2 rings (SSSR count). The average molecular weight is 242 g/mol. The van der Waals surface area contributed by atoms with Gasteiger partial charge in [0.2, 0.25) is 5.88 Å². The molecule has 0 spiro atoms.